The smallest absolute Gasteiger partial charge is 0.140 e. The molecule has 0 spiro atoms. The van der Waals surface area contributed by atoms with Crippen molar-refractivity contribution in [3.8, 4) is 0 Å². The number of hydrogen-bond acceptors (Lipinski definition) is 3. The number of aryl methyl sites for hydroxylation is 1. The molecule has 0 aromatic carbocycles. The maximum absolute atomic E-state index is 6.20. The van der Waals surface area contributed by atoms with Crippen molar-refractivity contribution in [2.45, 2.75) is 32.7 Å². The normalized spacial score (nSPS) is 26.2. The van der Waals surface area contributed by atoms with E-state index in [1.54, 1.807) is 6.20 Å². The van der Waals surface area contributed by atoms with Gasteiger partial charge in [0.2, 0.25) is 0 Å². The summed E-state index contributed by atoms with van der Waals surface area (Å²) in [6.07, 6.45) is 4.10. The molecule has 0 atom stereocenters. The van der Waals surface area contributed by atoms with Crippen LogP contribution < -0.4 is 0 Å². The molecule has 1 fully saturated rings. The van der Waals surface area contributed by atoms with E-state index in [9.17, 15) is 0 Å². The molecule has 0 bridgehead atoms. The van der Waals surface area contributed by atoms with E-state index in [-0.39, 0.29) is 0 Å². The van der Waals surface area contributed by atoms with Gasteiger partial charge < -0.3 is 4.90 Å². The van der Waals surface area contributed by atoms with Gasteiger partial charge >= 0.3 is 0 Å². The second kappa shape index (κ2) is 4.71. The lowest BCUT2D eigenvalue weighted by molar-refractivity contribution is 0.0484. The first-order valence-electron chi connectivity index (χ1n) is 7.04. The Kier molecular flexibility index (Phi) is 3.26. The van der Waals surface area contributed by atoms with Gasteiger partial charge in [0, 0.05) is 12.7 Å². The van der Waals surface area contributed by atoms with Gasteiger partial charge in [0.1, 0.15) is 5.15 Å². The number of pyridine rings is 1. The molecule has 20 heavy (non-hydrogen) atoms. The van der Waals surface area contributed by atoms with Crippen LogP contribution in [0.5, 0.6) is 0 Å². The van der Waals surface area contributed by atoms with Crippen molar-refractivity contribution < 1.29 is 0 Å². The Morgan fingerprint density at radius 2 is 2.15 bits per heavy atom. The summed E-state index contributed by atoms with van der Waals surface area (Å²) in [7, 11) is 4.27. The Morgan fingerprint density at radius 1 is 1.45 bits per heavy atom. The molecule has 0 N–H and O–H groups in total. The molecule has 5 heteroatoms. The number of fused-ring (bicyclic) bond motifs is 1. The van der Waals surface area contributed by atoms with Crippen LogP contribution in [0.15, 0.2) is 12.3 Å². The summed E-state index contributed by atoms with van der Waals surface area (Å²) in [4.78, 5) is 6.43. The maximum atomic E-state index is 6.20. The molecular weight excluding hydrogens is 272 g/mol. The molecule has 2 heterocycles. The number of nitrogens with zero attached hydrogens (tertiary/aromatic N) is 4. The summed E-state index contributed by atoms with van der Waals surface area (Å²) in [5.74, 6) is 0. The third-order valence-corrected chi connectivity index (χ3v) is 4.54. The van der Waals surface area contributed by atoms with Crippen LogP contribution in [0, 0.1) is 12.3 Å². The maximum Gasteiger partial charge on any atom is 0.140 e. The van der Waals surface area contributed by atoms with E-state index in [0.717, 1.165) is 23.1 Å². The zero-order valence-corrected chi connectivity index (χ0v) is 13.3. The third kappa shape index (κ3) is 2.21. The fourth-order valence-corrected chi connectivity index (χ4v) is 3.93. The number of aromatic nitrogens is 3. The number of hydrogen-bond donors (Lipinski definition) is 0. The largest absolute Gasteiger partial charge is 0.309 e. The zero-order chi connectivity index (χ0) is 14.5. The molecule has 3 rings (SSSR count). The highest BCUT2D eigenvalue weighted by molar-refractivity contribution is 6.34. The molecular formula is C15H21ClN4. The second-order valence-corrected chi connectivity index (χ2v) is 6.99. The number of rotatable bonds is 3. The first-order valence-corrected chi connectivity index (χ1v) is 7.41. The lowest BCUT2D eigenvalue weighted by Crippen LogP contribution is -2.43. The van der Waals surface area contributed by atoms with E-state index in [0.29, 0.717) is 16.6 Å². The predicted octanol–water partition coefficient (Wildman–Crippen LogP) is 3.30. The number of halogens is 1. The van der Waals surface area contributed by atoms with Crippen molar-refractivity contribution in [1.29, 1.82) is 0 Å². The molecule has 0 unspecified atom stereocenters. The van der Waals surface area contributed by atoms with Gasteiger partial charge in [-0.3, -0.25) is 4.68 Å². The highest BCUT2D eigenvalue weighted by atomic mass is 35.5. The van der Waals surface area contributed by atoms with Crippen molar-refractivity contribution in [2.24, 2.45) is 5.41 Å². The van der Waals surface area contributed by atoms with Gasteiger partial charge in [-0.2, -0.15) is 5.10 Å². The fraction of sp³-hybridized carbons (Fsp3) is 0.600. The second-order valence-electron chi connectivity index (χ2n) is 6.64. The Labute approximate surface area is 124 Å². The van der Waals surface area contributed by atoms with Crippen molar-refractivity contribution in [3.63, 3.8) is 0 Å². The predicted molar refractivity (Wildman–Crippen MR) is 82.2 cm³/mol. The molecule has 1 saturated carbocycles. The summed E-state index contributed by atoms with van der Waals surface area (Å²) >= 11 is 6.20. The van der Waals surface area contributed by atoms with E-state index < -0.39 is 0 Å². The topological polar surface area (TPSA) is 34.0 Å². The van der Waals surface area contributed by atoms with Gasteiger partial charge in [0.25, 0.3) is 0 Å². The van der Waals surface area contributed by atoms with Gasteiger partial charge in [-0.25, -0.2) is 4.98 Å². The molecule has 0 aliphatic heterocycles. The minimum absolute atomic E-state index is 0.400. The highest BCUT2D eigenvalue weighted by Gasteiger charge is 2.42. The first-order chi connectivity index (χ1) is 9.39. The molecule has 1 aliphatic rings. The Balaban J connectivity index is 1.89. The van der Waals surface area contributed by atoms with Gasteiger partial charge in [-0.05, 0) is 45.3 Å². The van der Waals surface area contributed by atoms with E-state index in [4.69, 9.17) is 16.7 Å². The zero-order valence-electron chi connectivity index (χ0n) is 12.5. The SMILES string of the molecule is Cc1nn(C2CC(C)(CN(C)C)C2)c2ccnc(Cl)c12. The van der Waals surface area contributed by atoms with Crippen LogP contribution in [0.2, 0.25) is 5.15 Å². The minimum Gasteiger partial charge on any atom is -0.309 e. The Bertz CT molecular complexity index is 641. The van der Waals surface area contributed by atoms with Crippen molar-refractivity contribution >= 4 is 22.5 Å². The van der Waals surface area contributed by atoms with E-state index >= 15 is 0 Å². The van der Waals surface area contributed by atoms with E-state index in [1.165, 1.54) is 12.8 Å². The molecule has 1 aliphatic carbocycles. The summed E-state index contributed by atoms with van der Waals surface area (Å²) in [5, 5.41) is 6.25. The molecule has 0 radical (unpaired) electrons. The van der Waals surface area contributed by atoms with Crippen LogP contribution in [0.4, 0.5) is 0 Å². The van der Waals surface area contributed by atoms with E-state index in [2.05, 4.69) is 35.6 Å². The Hall–Kier alpha value is -1.13. The average Bonchev–Trinajstić information content (AvgIpc) is 2.64. The third-order valence-electron chi connectivity index (χ3n) is 4.25. The molecule has 0 amide bonds. The summed E-state index contributed by atoms with van der Waals surface area (Å²) in [6, 6.07) is 2.50. The summed E-state index contributed by atoms with van der Waals surface area (Å²) < 4.78 is 2.15. The molecule has 4 nitrogen and oxygen atoms in total. The minimum atomic E-state index is 0.400. The van der Waals surface area contributed by atoms with Gasteiger partial charge in [-0.1, -0.05) is 18.5 Å². The van der Waals surface area contributed by atoms with Crippen LogP contribution >= 0.6 is 11.6 Å². The molecule has 2 aromatic heterocycles. The van der Waals surface area contributed by atoms with Crippen molar-refractivity contribution in [3.05, 3.63) is 23.1 Å². The van der Waals surface area contributed by atoms with E-state index in [1.807, 2.05) is 13.0 Å². The van der Waals surface area contributed by atoms with Crippen LogP contribution in [0.1, 0.15) is 31.5 Å². The Morgan fingerprint density at radius 3 is 2.80 bits per heavy atom. The van der Waals surface area contributed by atoms with Crippen LogP contribution in [0.25, 0.3) is 10.9 Å². The fourth-order valence-electron chi connectivity index (χ4n) is 3.64. The summed E-state index contributed by atoms with van der Waals surface area (Å²) in [6.45, 7) is 5.49. The van der Waals surface area contributed by atoms with Crippen molar-refractivity contribution in [1.82, 2.24) is 19.7 Å². The van der Waals surface area contributed by atoms with Gasteiger partial charge in [-0.15, -0.1) is 0 Å². The van der Waals surface area contributed by atoms with Gasteiger partial charge in [0.15, 0.2) is 0 Å². The standard InChI is InChI=1S/C15H21ClN4/c1-10-13-12(5-6-17-14(13)16)20(18-10)11-7-15(2,8-11)9-19(3)4/h5-6,11H,7-9H2,1-4H3. The first kappa shape index (κ1) is 13.8. The molecule has 2 aromatic rings. The monoisotopic (exact) mass is 292 g/mol. The van der Waals surface area contributed by atoms with Gasteiger partial charge in [0.05, 0.1) is 22.6 Å². The average molecular weight is 293 g/mol. The molecule has 0 saturated heterocycles. The highest BCUT2D eigenvalue weighted by Crippen LogP contribution is 2.49. The van der Waals surface area contributed by atoms with Crippen LogP contribution in [-0.4, -0.2) is 40.3 Å². The van der Waals surface area contributed by atoms with Crippen molar-refractivity contribution in [2.75, 3.05) is 20.6 Å². The quantitative estimate of drug-likeness (QED) is 0.814. The summed E-state index contributed by atoms with van der Waals surface area (Å²) in [5.41, 5.74) is 2.48. The lowest BCUT2D eigenvalue weighted by atomic mass is 9.66. The molecule has 108 valence electrons. The van der Waals surface area contributed by atoms with Crippen LogP contribution in [0.3, 0.4) is 0 Å². The lowest BCUT2D eigenvalue weighted by Gasteiger charge is -2.46. The van der Waals surface area contributed by atoms with Crippen LogP contribution in [-0.2, 0) is 0 Å².